The van der Waals surface area contributed by atoms with Crippen LogP contribution < -0.4 is 0 Å². The lowest BCUT2D eigenvalue weighted by atomic mass is 9.99. The van der Waals surface area contributed by atoms with Crippen LogP contribution in [-0.2, 0) is 11.3 Å². The van der Waals surface area contributed by atoms with Gasteiger partial charge in [-0.3, -0.25) is 4.79 Å². The Morgan fingerprint density at radius 2 is 2.25 bits per heavy atom. The largest absolute Gasteiger partial charge is 0.481 e. The van der Waals surface area contributed by atoms with E-state index in [-0.39, 0.29) is 12.6 Å². The van der Waals surface area contributed by atoms with E-state index >= 15 is 0 Å². The van der Waals surface area contributed by atoms with E-state index in [1.54, 1.807) is 16.8 Å². The van der Waals surface area contributed by atoms with Crippen molar-refractivity contribution in [3.8, 4) is 0 Å². The maximum absolute atomic E-state index is 12.3. The molecule has 1 atom stereocenters. The van der Waals surface area contributed by atoms with Crippen molar-refractivity contribution >= 4 is 12.0 Å². The highest BCUT2D eigenvalue weighted by Crippen LogP contribution is 2.18. The molecular formula is C14H20N2O4. The molecule has 1 fully saturated rings. The maximum atomic E-state index is 12.3. The number of rotatable bonds is 3. The van der Waals surface area contributed by atoms with Crippen molar-refractivity contribution in [2.24, 2.45) is 5.92 Å². The first kappa shape index (κ1) is 14.4. The number of aliphatic carboxylic acids is 1. The fraction of sp³-hybridized carbons (Fsp3) is 0.571. The summed E-state index contributed by atoms with van der Waals surface area (Å²) in [5.74, 6) is 0.258. The molecule has 1 aromatic rings. The first-order valence-electron chi connectivity index (χ1n) is 6.75. The van der Waals surface area contributed by atoms with Crippen LogP contribution in [-0.4, -0.2) is 47.0 Å². The number of carboxylic acids is 1. The van der Waals surface area contributed by atoms with E-state index in [9.17, 15) is 9.59 Å². The van der Waals surface area contributed by atoms with Gasteiger partial charge in [0.1, 0.15) is 11.5 Å². The number of urea groups is 1. The highest BCUT2D eigenvalue weighted by molar-refractivity contribution is 5.76. The molecule has 1 aromatic heterocycles. The molecule has 0 saturated carbocycles. The zero-order valence-corrected chi connectivity index (χ0v) is 11.8. The number of piperidine rings is 1. The summed E-state index contributed by atoms with van der Waals surface area (Å²) in [5.41, 5.74) is 0. The summed E-state index contributed by atoms with van der Waals surface area (Å²) >= 11 is 0. The number of aryl methyl sites for hydroxylation is 1. The number of hydrogen-bond donors (Lipinski definition) is 1. The predicted molar refractivity (Wildman–Crippen MR) is 72.2 cm³/mol. The smallest absolute Gasteiger partial charge is 0.320 e. The van der Waals surface area contributed by atoms with Crippen LogP contribution in [0.5, 0.6) is 0 Å². The average Bonchev–Trinajstić information content (AvgIpc) is 2.83. The number of carboxylic acid groups (broad SMARTS) is 1. The SMILES string of the molecule is Cc1ccc(CN(C)C(=O)N2CCC[C@H](C(=O)O)C2)o1. The van der Waals surface area contributed by atoms with Gasteiger partial charge in [0.05, 0.1) is 12.5 Å². The van der Waals surface area contributed by atoms with Crippen LogP contribution in [0.4, 0.5) is 4.79 Å². The molecule has 0 bridgehead atoms. The van der Waals surface area contributed by atoms with Crippen LogP contribution in [0, 0.1) is 12.8 Å². The van der Waals surface area contributed by atoms with Crippen molar-refractivity contribution in [1.29, 1.82) is 0 Å². The number of nitrogens with zero attached hydrogens (tertiary/aromatic N) is 2. The summed E-state index contributed by atoms with van der Waals surface area (Å²) < 4.78 is 5.44. The minimum atomic E-state index is -0.827. The molecule has 2 rings (SSSR count). The molecule has 1 saturated heterocycles. The van der Waals surface area contributed by atoms with Crippen LogP contribution in [0.25, 0.3) is 0 Å². The number of furan rings is 1. The average molecular weight is 280 g/mol. The topological polar surface area (TPSA) is 74.0 Å². The number of carbonyl (C=O) groups excluding carboxylic acids is 1. The highest BCUT2D eigenvalue weighted by Gasteiger charge is 2.29. The number of carbonyl (C=O) groups is 2. The lowest BCUT2D eigenvalue weighted by Gasteiger charge is -2.33. The summed E-state index contributed by atoms with van der Waals surface area (Å²) in [6.07, 6.45) is 1.37. The van der Waals surface area contributed by atoms with Crippen LogP contribution in [0.1, 0.15) is 24.4 Å². The highest BCUT2D eigenvalue weighted by atomic mass is 16.4. The van der Waals surface area contributed by atoms with E-state index in [0.717, 1.165) is 17.9 Å². The van der Waals surface area contributed by atoms with E-state index in [1.807, 2.05) is 19.1 Å². The van der Waals surface area contributed by atoms with Crippen molar-refractivity contribution in [3.05, 3.63) is 23.7 Å². The van der Waals surface area contributed by atoms with Gasteiger partial charge in [-0.05, 0) is 31.9 Å². The first-order valence-corrected chi connectivity index (χ1v) is 6.75. The van der Waals surface area contributed by atoms with Gasteiger partial charge in [0.15, 0.2) is 0 Å². The van der Waals surface area contributed by atoms with Crippen molar-refractivity contribution in [2.45, 2.75) is 26.3 Å². The summed E-state index contributed by atoms with van der Waals surface area (Å²) in [5, 5.41) is 9.05. The van der Waals surface area contributed by atoms with Gasteiger partial charge in [0, 0.05) is 20.1 Å². The Morgan fingerprint density at radius 1 is 1.50 bits per heavy atom. The second-order valence-electron chi connectivity index (χ2n) is 5.27. The zero-order valence-electron chi connectivity index (χ0n) is 11.8. The molecule has 0 aromatic carbocycles. The van der Waals surface area contributed by atoms with Gasteiger partial charge in [-0.2, -0.15) is 0 Å². The van der Waals surface area contributed by atoms with Gasteiger partial charge in [0.25, 0.3) is 0 Å². The van der Waals surface area contributed by atoms with Gasteiger partial charge in [0.2, 0.25) is 0 Å². The van der Waals surface area contributed by atoms with Gasteiger partial charge >= 0.3 is 12.0 Å². The van der Waals surface area contributed by atoms with E-state index in [4.69, 9.17) is 9.52 Å². The molecule has 0 radical (unpaired) electrons. The fourth-order valence-electron chi connectivity index (χ4n) is 2.47. The fourth-order valence-corrected chi connectivity index (χ4v) is 2.47. The maximum Gasteiger partial charge on any atom is 0.320 e. The summed E-state index contributed by atoms with van der Waals surface area (Å²) in [7, 11) is 1.70. The Kier molecular flexibility index (Phi) is 4.32. The predicted octanol–water partition coefficient (Wildman–Crippen LogP) is 1.94. The van der Waals surface area contributed by atoms with Crippen LogP contribution in [0.15, 0.2) is 16.5 Å². The zero-order chi connectivity index (χ0) is 14.7. The van der Waals surface area contributed by atoms with Gasteiger partial charge in [-0.15, -0.1) is 0 Å². The lowest BCUT2D eigenvalue weighted by Crippen LogP contribution is -2.47. The minimum absolute atomic E-state index is 0.148. The molecule has 1 aliphatic rings. The Balaban J connectivity index is 1.94. The standard InChI is InChI=1S/C14H20N2O4/c1-10-5-6-12(20-10)9-15(2)14(19)16-7-3-4-11(8-16)13(17)18/h5-6,11H,3-4,7-9H2,1-2H3,(H,17,18)/t11-/m0/s1. The monoisotopic (exact) mass is 280 g/mol. The normalized spacial score (nSPS) is 18.9. The number of amides is 2. The second kappa shape index (κ2) is 5.98. The molecule has 2 amide bonds. The van der Waals surface area contributed by atoms with E-state index in [0.29, 0.717) is 19.5 Å². The first-order chi connectivity index (χ1) is 9.47. The number of hydrogen-bond acceptors (Lipinski definition) is 3. The van der Waals surface area contributed by atoms with E-state index in [2.05, 4.69) is 0 Å². The summed E-state index contributed by atoms with van der Waals surface area (Å²) in [4.78, 5) is 26.5. The Bertz CT molecular complexity index is 497. The number of likely N-dealkylation sites (tertiary alicyclic amines) is 1. The second-order valence-corrected chi connectivity index (χ2v) is 5.27. The van der Waals surface area contributed by atoms with Crippen LogP contribution in [0.3, 0.4) is 0 Å². The quantitative estimate of drug-likeness (QED) is 0.918. The van der Waals surface area contributed by atoms with Crippen molar-refractivity contribution in [1.82, 2.24) is 9.80 Å². The van der Waals surface area contributed by atoms with Gasteiger partial charge in [-0.25, -0.2) is 4.79 Å². The van der Waals surface area contributed by atoms with Crippen LogP contribution >= 0.6 is 0 Å². The van der Waals surface area contributed by atoms with Gasteiger partial charge < -0.3 is 19.3 Å². The van der Waals surface area contributed by atoms with Crippen molar-refractivity contribution < 1.29 is 19.1 Å². The van der Waals surface area contributed by atoms with Gasteiger partial charge in [-0.1, -0.05) is 0 Å². The van der Waals surface area contributed by atoms with Crippen LogP contribution in [0.2, 0.25) is 0 Å². The Morgan fingerprint density at radius 3 is 2.85 bits per heavy atom. The lowest BCUT2D eigenvalue weighted by molar-refractivity contribution is -0.143. The minimum Gasteiger partial charge on any atom is -0.481 e. The van der Waals surface area contributed by atoms with Crippen molar-refractivity contribution in [2.75, 3.05) is 20.1 Å². The molecule has 6 nitrogen and oxygen atoms in total. The molecular weight excluding hydrogens is 260 g/mol. The Hall–Kier alpha value is -1.98. The van der Waals surface area contributed by atoms with Crippen molar-refractivity contribution in [3.63, 3.8) is 0 Å². The third-order valence-electron chi connectivity index (χ3n) is 3.56. The molecule has 1 aliphatic heterocycles. The molecule has 0 unspecified atom stereocenters. The molecule has 2 heterocycles. The molecule has 1 N–H and O–H groups in total. The molecule has 0 spiro atoms. The molecule has 110 valence electrons. The third-order valence-corrected chi connectivity index (χ3v) is 3.56. The molecule has 0 aliphatic carbocycles. The Labute approximate surface area is 118 Å². The van der Waals surface area contributed by atoms with E-state index in [1.165, 1.54) is 0 Å². The third kappa shape index (κ3) is 3.31. The summed E-state index contributed by atoms with van der Waals surface area (Å²) in [6.45, 7) is 3.15. The molecule has 6 heteroatoms. The molecule has 20 heavy (non-hydrogen) atoms. The van der Waals surface area contributed by atoms with E-state index < -0.39 is 11.9 Å². The summed E-state index contributed by atoms with van der Waals surface area (Å²) in [6, 6.07) is 3.55.